The Kier molecular flexibility index (Phi) is 5.15. The molecule has 22 heavy (non-hydrogen) atoms. The Bertz CT molecular complexity index is 622. The molecule has 2 N–H and O–H groups in total. The second-order valence-electron chi connectivity index (χ2n) is 5.24. The molecule has 0 aliphatic heterocycles. The molecule has 0 amide bonds. The van der Waals surface area contributed by atoms with Crippen molar-refractivity contribution in [2.24, 2.45) is 0 Å². The summed E-state index contributed by atoms with van der Waals surface area (Å²) in [4.78, 5) is 0. The number of aryl methyl sites for hydroxylation is 2. The van der Waals surface area contributed by atoms with Crippen molar-refractivity contribution in [2.75, 3.05) is 14.2 Å². The molecule has 0 saturated carbocycles. The average molecular weight is 302 g/mol. The molecule has 2 rings (SSSR count). The highest BCUT2D eigenvalue weighted by Crippen LogP contribution is 2.43. The molecule has 2 aromatic carbocycles. The maximum absolute atomic E-state index is 10.2. The predicted octanol–water partition coefficient (Wildman–Crippen LogP) is 3.60. The number of methoxy groups -OCH3 is 2. The van der Waals surface area contributed by atoms with Gasteiger partial charge in [-0.25, -0.2) is 0 Å². The molecule has 0 aliphatic rings. The highest BCUT2D eigenvalue weighted by atomic mass is 16.5. The van der Waals surface area contributed by atoms with Gasteiger partial charge in [-0.15, -0.1) is 0 Å². The standard InChI is InChI=1S/C18H22O4/c1-12-7-4-5-8-13(12)9-6-10-14-17(19)15(21-2)11-16(22-3)18(14)20/h4-5,7-8,11,19-20H,6,9-10H2,1-3H3. The molecule has 0 atom stereocenters. The van der Waals surface area contributed by atoms with Gasteiger partial charge in [-0.2, -0.15) is 0 Å². The van der Waals surface area contributed by atoms with Gasteiger partial charge < -0.3 is 19.7 Å². The Morgan fingerprint density at radius 1 is 0.909 bits per heavy atom. The molecule has 4 nitrogen and oxygen atoms in total. The summed E-state index contributed by atoms with van der Waals surface area (Å²) in [5.74, 6) is 0.567. The largest absolute Gasteiger partial charge is 0.504 e. The van der Waals surface area contributed by atoms with Crippen molar-refractivity contribution in [1.29, 1.82) is 0 Å². The van der Waals surface area contributed by atoms with E-state index in [1.807, 2.05) is 12.1 Å². The smallest absolute Gasteiger partial charge is 0.164 e. The third-order valence-corrected chi connectivity index (χ3v) is 3.87. The fourth-order valence-corrected chi connectivity index (χ4v) is 2.56. The minimum atomic E-state index is -0.0226. The summed E-state index contributed by atoms with van der Waals surface area (Å²) in [5, 5.41) is 20.4. The maximum Gasteiger partial charge on any atom is 0.164 e. The normalized spacial score (nSPS) is 10.5. The van der Waals surface area contributed by atoms with E-state index in [2.05, 4.69) is 19.1 Å². The molecular formula is C18H22O4. The fraction of sp³-hybridized carbons (Fsp3) is 0.333. The Morgan fingerprint density at radius 2 is 1.50 bits per heavy atom. The molecule has 0 saturated heterocycles. The fourth-order valence-electron chi connectivity index (χ4n) is 2.56. The van der Waals surface area contributed by atoms with E-state index in [0.29, 0.717) is 23.5 Å². The first-order chi connectivity index (χ1) is 10.6. The first-order valence-electron chi connectivity index (χ1n) is 7.28. The van der Waals surface area contributed by atoms with Gasteiger partial charge in [0.1, 0.15) is 0 Å². The van der Waals surface area contributed by atoms with Crippen molar-refractivity contribution in [3.8, 4) is 23.0 Å². The summed E-state index contributed by atoms with van der Waals surface area (Å²) in [6.07, 6.45) is 2.23. The number of benzene rings is 2. The van der Waals surface area contributed by atoms with Crippen LogP contribution in [0.3, 0.4) is 0 Å². The zero-order chi connectivity index (χ0) is 16.1. The van der Waals surface area contributed by atoms with Gasteiger partial charge in [0.25, 0.3) is 0 Å². The topological polar surface area (TPSA) is 58.9 Å². The quantitative estimate of drug-likeness (QED) is 0.856. The molecule has 2 aromatic rings. The molecule has 0 heterocycles. The van der Waals surface area contributed by atoms with Gasteiger partial charge >= 0.3 is 0 Å². The first-order valence-corrected chi connectivity index (χ1v) is 7.28. The minimum Gasteiger partial charge on any atom is -0.504 e. The van der Waals surface area contributed by atoms with Crippen molar-refractivity contribution in [3.05, 3.63) is 47.0 Å². The predicted molar refractivity (Wildman–Crippen MR) is 86.1 cm³/mol. The van der Waals surface area contributed by atoms with Crippen LogP contribution in [0.15, 0.2) is 30.3 Å². The second kappa shape index (κ2) is 7.07. The van der Waals surface area contributed by atoms with Crippen LogP contribution in [0.2, 0.25) is 0 Å². The summed E-state index contributed by atoms with van der Waals surface area (Å²) in [6, 6.07) is 9.70. The Balaban J connectivity index is 2.17. The summed E-state index contributed by atoms with van der Waals surface area (Å²) < 4.78 is 10.3. The van der Waals surface area contributed by atoms with Crippen molar-refractivity contribution >= 4 is 0 Å². The number of hydrogen-bond donors (Lipinski definition) is 2. The van der Waals surface area contributed by atoms with Gasteiger partial charge in [-0.1, -0.05) is 24.3 Å². The lowest BCUT2D eigenvalue weighted by molar-refractivity contribution is 0.341. The van der Waals surface area contributed by atoms with Crippen LogP contribution in [-0.4, -0.2) is 24.4 Å². The summed E-state index contributed by atoms with van der Waals surface area (Å²) in [7, 11) is 2.95. The molecule has 0 aromatic heterocycles. The van der Waals surface area contributed by atoms with Crippen LogP contribution in [-0.2, 0) is 12.8 Å². The van der Waals surface area contributed by atoms with Crippen LogP contribution in [0, 0.1) is 6.92 Å². The molecule has 0 radical (unpaired) electrons. The van der Waals surface area contributed by atoms with Crippen molar-refractivity contribution < 1.29 is 19.7 Å². The van der Waals surface area contributed by atoms with Gasteiger partial charge in [0.05, 0.1) is 14.2 Å². The summed E-state index contributed by atoms with van der Waals surface area (Å²) in [5.41, 5.74) is 2.99. The van der Waals surface area contributed by atoms with E-state index in [-0.39, 0.29) is 11.5 Å². The van der Waals surface area contributed by atoms with E-state index in [4.69, 9.17) is 9.47 Å². The van der Waals surface area contributed by atoms with Crippen molar-refractivity contribution in [3.63, 3.8) is 0 Å². The SMILES string of the molecule is COc1cc(OC)c(O)c(CCCc2ccccc2C)c1O. The van der Waals surface area contributed by atoms with Crippen LogP contribution >= 0.6 is 0 Å². The van der Waals surface area contributed by atoms with Crippen LogP contribution < -0.4 is 9.47 Å². The average Bonchev–Trinajstić information content (AvgIpc) is 2.52. The molecular weight excluding hydrogens is 280 g/mol. The van der Waals surface area contributed by atoms with Gasteiger partial charge in [0, 0.05) is 11.6 Å². The van der Waals surface area contributed by atoms with Gasteiger partial charge in [0.2, 0.25) is 0 Å². The summed E-state index contributed by atoms with van der Waals surface area (Å²) >= 11 is 0. The minimum absolute atomic E-state index is 0.0226. The summed E-state index contributed by atoms with van der Waals surface area (Å²) in [6.45, 7) is 2.08. The van der Waals surface area contributed by atoms with Crippen LogP contribution in [0.5, 0.6) is 23.0 Å². The zero-order valence-corrected chi connectivity index (χ0v) is 13.2. The molecule has 0 unspecified atom stereocenters. The van der Waals surface area contributed by atoms with Crippen molar-refractivity contribution in [2.45, 2.75) is 26.2 Å². The maximum atomic E-state index is 10.2. The lowest BCUT2D eigenvalue weighted by atomic mass is 9.99. The second-order valence-corrected chi connectivity index (χ2v) is 5.24. The van der Waals surface area contributed by atoms with E-state index in [9.17, 15) is 10.2 Å². The third-order valence-electron chi connectivity index (χ3n) is 3.87. The molecule has 0 bridgehead atoms. The van der Waals surface area contributed by atoms with E-state index >= 15 is 0 Å². The molecule has 0 spiro atoms. The van der Waals surface area contributed by atoms with Crippen molar-refractivity contribution in [1.82, 2.24) is 0 Å². The zero-order valence-electron chi connectivity index (χ0n) is 13.2. The lowest BCUT2D eigenvalue weighted by Gasteiger charge is -2.14. The van der Waals surface area contributed by atoms with Crippen LogP contribution in [0.25, 0.3) is 0 Å². The van der Waals surface area contributed by atoms with E-state index in [0.717, 1.165) is 12.8 Å². The third kappa shape index (κ3) is 3.27. The Hall–Kier alpha value is -2.36. The van der Waals surface area contributed by atoms with Gasteiger partial charge in [0.15, 0.2) is 23.0 Å². The van der Waals surface area contributed by atoms with E-state index < -0.39 is 0 Å². The number of aromatic hydroxyl groups is 2. The van der Waals surface area contributed by atoms with Gasteiger partial charge in [-0.3, -0.25) is 0 Å². The molecule has 0 fully saturated rings. The van der Waals surface area contributed by atoms with Crippen LogP contribution in [0.4, 0.5) is 0 Å². The monoisotopic (exact) mass is 302 g/mol. The number of phenols is 2. The lowest BCUT2D eigenvalue weighted by Crippen LogP contribution is -1.97. The van der Waals surface area contributed by atoms with E-state index in [1.54, 1.807) is 0 Å². The van der Waals surface area contributed by atoms with Crippen LogP contribution in [0.1, 0.15) is 23.1 Å². The Morgan fingerprint density at radius 3 is 2.05 bits per heavy atom. The first kappa shape index (κ1) is 16.0. The highest BCUT2D eigenvalue weighted by Gasteiger charge is 2.18. The van der Waals surface area contributed by atoms with Gasteiger partial charge in [-0.05, 0) is 37.3 Å². The number of hydrogen-bond acceptors (Lipinski definition) is 4. The molecule has 118 valence electrons. The van der Waals surface area contributed by atoms with E-state index in [1.165, 1.54) is 31.4 Å². The number of rotatable bonds is 6. The Labute approximate surface area is 130 Å². The number of phenolic OH excluding ortho intramolecular Hbond substituents is 2. The molecule has 4 heteroatoms. The number of ether oxygens (including phenoxy) is 2. The molecule has 0 aliphatic carbocycles. The highest BCUT2D eigenvalue weighted by molar-refractivity contribution is 5.59.